The molecule has 2 atom stereocenters. The lowest BCUT2D eigenvalue weighted by Crippen LogP contribution is -2.41. The Labute approximate surface area is 149 Å². The molecule has 25 heavy (non-hydrogen) atoms. The number of ether oxygens (including phenoxy) is 2. The van der Waals surface area contributed by atoms with Gasteiger partial charge in [-0.2, -0.15) is 5.26 Å². The van der Waals surface area contributed by atoms with Gasteiger partial charge in [0.1, 0.15) is 11.6 Å². The largest absolute Gasteiger partial charge is 0.493 e. The molecular weight excluding hydrogens is 316 g/mol. The van der Waals surface area contributed by atoms with Crippen molar-refractivity contribution in [3.8, 4) is 17.6 Å². The Hall–Kier alpha value is -2.48. The van der Waals surface area contributed by atoms with Crippen LogP contribution in [-0.4, -0.2) is 25.7 Å². The number of nitrogens with one attached hydrogen (secondary N) is 1. The highest BCUT2D eigenvalue weighted by Crippen LogP contribution is 2.29. The minimum Gasteiger partial charge on any atom is -0.493 e. The van der Waals surface area contributed by atoms with Crippen LogP contribution in [-0.2, 0) is 4.79 Å². The van der Waals surface area contributed by atoms with E-state index in [9.17, 15) is 10.1 Å². The summed E-state index contributed by atoms with van der Waals surface area (Å²) in [4.78, 5) is 12.5. The molecule has 134 valence electrons. The van der Waals surface area contributed by atoms with E-state index in [1.807, 2.05) is 13.0 Å². The zero-order valence-electron chi connectivity index (χ0n) is 15.2. The number of benzene rings is 1. The van der Waals surface area contributed by atoms with Gasteiger partial charge in [-0.25, -0.2) is 0 Å². The molecule has 1 amide bonds. The summed E-state index contributed by atoms with van der Waals surface area (Å²) in [6.45, 7) is 4.59. The van der Waals surface area contributed by atoms with Crippen molar-refractivity contribution >= 4 is 12.0 Å². The first-order valence-electron chi connectivity index (χ1n) is 8.82. The smallest absolute Gasteiger partial charge is 0.262 e. The SMILES string of the molecule is CCOc1ccc(/C=C(\C#N)C(=O)NC2CCCCC2C)cc1OC. The fourth-order valence-electron chi connectivity index (χ4n) is 3.14. The third-order valence-electron chi connectivity index (χ3n) is 4.59. The molecule has 0 radical (unpaired) electrons. The summed E-state index contributed by atoms with van der Waals surface area (Å²) in [6.07, 6.45) is 6.01. The third kappa shape index (κ3) is 4.99. The van der Waals surface area contributed by atoms with E-state index in [1.54, 1.807) is 31.4 Å². The van der Waals surface area contributed by atoms with Crippen LogP contribution in [0.25, 0.3) is 6.08 Å². The number of rotatable bonds is 6. The lowest BCUT2D eigenvalue weighted by atomic mass is 9.86. The maximum Gasteiger partial charge on any atom is 0.262 e. The highest BCUT2D eigenvalue weighted by molar-refractivity contribution is 6.01. The number of methoxy groups -OCH3 is 1. The summed E-state index contributed by atoms with van der Waals surface area (Å²) in [5.74, 6) is 1.35. The van der Waals surface area contributed by atoms with Crippen LogP contribution in [0, 0.1) is 17.2 Å². The van der Waals surface area contributed by atoms with Gasteiger partial charge in [0, 0.05) is 6.04 Å². The summed E-state index contributed by atoms with van der Waals surface area (Å²) in [7, 11) is 1.56. The predicted octanol–water partition coefficient (Wildman–Crippen LogP) is 3.70. The third-order valence-corrected chi connectivity index (χ3v) is 4.59. The van der Waals surface area contributed by atoms with Crippen LogP contribution < -0.4 is 14.8 Å². The molecule has 1 fully saturated rings. The van der Waals surface area contributed by atoms with Gasteiger partial charge in [-0.05, 0) is 49.5 Å². The topological polar surface area (TPSA) is 71.3 Å². The molecular formula is C20H26N2O3. The molecule has 0 heterocycles. The first kappa shape index (κ1) is 18.9. The molecule has 5 heteroatoms. The zero-order valence-corrected chi connectivity index (χ0v) is 15.2. The Morgan fingerprint density at radius 2 is 2.12 bits per heavy atom. The maximum absolute atomic E-state index is 12.5. The van der Waals surface area contributed by atoms with Gasteiger partial charge in [0.25, 0.3) is 5.91 Å². The van der Waals surface area contributed by atoms with Gasteiger partial charge >= 0.3 is 0 Å². The minimum atomic E-state index is -0.311. The molecule has 1 aliphatic rings. The predicted molar refractivity (Wildman–Crippen MR) is 97.3 cm³/mol. The molecule has 1 aliphatic carbocycles. The quantitative estimate of drug-likeness (QED) is 0.632. The van der Waals surface area contributed by atoms with E-state index in [-0.39, 0.29) is 17.5 Å². The van der Waals surface area contributed by atoms with Crippen LogP contribution in [0.4, 0.5) is 0 Å². The molecule has 5 nitrogen and oxygen atoms in total. The lowest BCUT2D eigenvalue weighted by molar-refractivity contribution is -0.118. The number of hydrogen-bond acceptors (Lipinski definition) is 4. The van der Waals surface area contributed by atoms with Crippen LogP contribution in [0.3, 0.4) is 0 Å². The summed E-state index contributed by atoms with van der Waals surface area (Å²) in [5, 5.41) is 12.4. The minimum absolute atomic E-state index is 0.101. The van der Waals surface area contributed by atoms with E-state index < -0.39 is 0 Å². The summed E-state index contributed by atoms with van der Waals surface area (Å²) < 4.78 is 10.8. The Kier molecular flexibility index (Phi) is 6.88. The normalized spacial score (nSPS) is 20.5. The molecule has 0 spiro atoms. The van der Waals surface area contributed by atoms with E-state index in [2.05, 4.69) is 12.2 Å². The molecule has 0 bridgehead atoms. The fraction of sp³-hybridized carbons (Fsp3) is 0.500. The summed E-state index contributed by atoms with van der Waals surface area (Å²) in [6, 6.07) is 7.51. The van der Waals surface area contributed by atoms with Gasteiger partial charge in [-0.1, -0.05) is 25.8 Å². The molecule has 1 aromatic rings. The van der Waals surface area contributed by atoms with Gasteiger partial charge in [0.15, 0.2) is 11.5 Å². The fourth-order valence-corrected chi connectivity index (χ4v) is 3.14. The van der Waals surface area contributed by atoms with Crippen molar-refractivity contribution < 1.29 is 14.3 Å². The Bertz CT molecular complexity index is 676. The van der Waals surface area contributed by atoms with Crippen molar-refractivity contribution in [1.29, 1.82) is 5.26 Å². The van der Waals surface area contributed by atoms with E-state index in [1.165, 1.54) is 6.42 Å². The van der Waals surface area contributed by atoms with Crippen LogP contribution in [0.2, 0.25) is 0 Å². The zero-order chi connectivity index (χ0) is 18.2. The number of nitriles is 1. The maximum atomic E-state index is 12.5. The van der Waals surface area contributed by atoms with Gasteiger partial charge in [-0.15, -0.1) is 0 Å². The van der Waals surface area contributed by atoms with E-state index >= 15 is 0 Å². The number of hydrogen-bond donors (Lipinski definition) is 1. The summed E-state index contributed by atoms with van der Waals surface area (Å²) >= 11 is 0. The van der Waals surface area contributed by atoms with Crippen LogP contribution >= 0.6 is 0 Å². The molecule has 1 aromatic carbocycles. The van der Waals surface area contributed by atoms with Crippen LogP contribution in [0.5, 0.6) is 11.5 Å². The summed E-state index contributed by atoms with van der Waals surface area (Å²) in [5.41, 5.74) is 0.827. The van der Waals surface area contributed by atoms with Crippen molar-refractivity contribution in [1.82, 2.24) is 5.32 Å². The Morgan fingerprint density at radius 3 is 2.76 bits per heavy atom. The van der Waals surface area contributed by atoms with Gasteiger partial charge in [0.2, 0.25) is 0 Å². The highest BCUT2D eigenvalue weighted by Gasteiger charge is 2.24. The molecule has 1 N–H and O–H groups in total. The standard InChI is InChI=1S/C20H26N2O3/c1-4-25-18-10-9-15(12-19(18)24-3)11-16(13-21)20(23)22-17-8-6-5-7-14(17)2/h9-12,14,17H,4-8H2,1-3H3,(H,22,23)/b16-11+. The number of carbonyl (C=O) groups is 1. The molecule has 0 aliphatic heterocycles. The second-order valence-corrected chi connectivity index (χ2v) is 6.35. The van der Waals surface area contributed by atoms with E-state index in [4.69, 9.17) is 9.47 Å². The molecule has 0 aromatic heterocycles. The van der Waals surface area contributed by atoms with Crippen molar-refractivity contribution in [2.75, 3.05) is 13.7 Å². The second kappa shape index (κ2) is 9.12. The van der Waals surface area contributed by atoms with Crippen molar-refractivity contribution in [3.63, 3.8) is 0 Å². The molecule has 2 unspecified atom stereocenters. The van der Waals surface area contributed by atoms with Gasteiger partial charge < -0.3 is 14.8 Å². The van der Waals surface area contributed by atoms with Crippen molar-refractivity contribution in [3.05, 3.63) is 29.3 Å². The first-order chi connectivity index (χ1) is 12.1. The molecule has 1 saturated carbocycles. The molecule has 2 rings (SSSR count). The number of amides is 1. The van der Waals surface area contributed by atoms with E-state index in [0.29, 0.717) is 24.0 Å². The second-order valence-electron chi connectivity index (χ2n) is 6.35. The average Bonchev–Trinajstić information content (AvgIpc) is 2.62. The molecule has 0 saturated heterocycles. The van der Waals surface area contributed by atoms with Gasteiger partial charge in [0.05, 0.1) is 13.7 Å². The van der Waals surface area contributed by atoms with Gasteiger partial charge in [-0.3, -0.25) is 4.79 Å². The average molecular weight is 342 g/mol. The van der Waals surface area contributed by atoms with E-state index in [0.717, 1.165) is 24.8 Å². The van der Waals surface area contributed by atoms with Crippen molar-refractivity contribution in [2.45, 2.75) is 45.6 Å². The Balaban J connectivity index is 2.16. The first-order valence-corrected chi connectivity index (χ1v) is 8.82. The Morgan fingerprint density at radius 1 is 1.36 bits per heavy atom. The van der Waals surface area contributed by atoms with Crippen LogP contribution in [0.1, 0.15) is 45.1 Å². The lowest BCUT2D eigenvalue weighted by Gasteiger charge is -2.29. The van der Waals surface area contributed by atoms with Crippen LogP contribution in [0.15, 0.2) is 23.8 Å². The number of carbonyl (C=O) groups excluding carboxylic acids is 1. The van der Waals surface area contributed by atoms with Crippen molar-refractivity contribution in [2.24, 2.45) is 5.92 Å². The number of nitrogens with zero attached hydrogens (tertiary/aromatic N) is 1. The monoisotopic (exact) mass is 342 g/mol. The highest BCUT2D eigenvalue weighted by atomic mass is 16.5.